The third-order valence-electron chi connectivity index (χ3n) is 5.96. The predicted molar refractivity (Wildman–Crippen MR) is 113 cm³/mol. The fraction of sp³-hybridized carbons (Fsp3) is 0.500. The molecule has 0 saturated heterocycles. The molecule has 0 aliphatic carbocycles. The van der Waals surface area contributed by atoms with Gasteiger partial charge >= 0.3 is 6.03 Å². The maximum atomic E-state index is 15.0. The SMILES string of the molecule is C.[C-]#[N+]c1cc(NC(=O)N2Cc3c(nn4c3C(F)(F)CC[C@H](CO)C4)C[C@H]2C)ccc1F. The van der Waals surface area contributed by atoms with E-state index < -0.39 is 17.8 Å². The van der Waals surface area contributed by atoms with Gasteiger partial charge in [0.25, 0.3) is 5.92 Å². The summed E-state index contributed by atoms with van der Waals surface area (Å²) in [7, 11) is 0. The first-order valence-corrected chi connectivity index (χ1v) is 10.1. The number of aliphatic hydroxyl groups excluding tert-OH is 1. The molecule has 1 aromatic heterocycles. The van der Waals surface area contributed by atoms with Gasteiger partial charge in [0, 0.05) is 49.2 Å². The van der Waals surface area contributed by atoms with Crippen molar-refractivity contribution in [2.45, 2.75) is 58.7 Å². The number of hydrogen-bond donors (Lipinski definition) is 2. The average molecular weight is 449 g/mol. The second-order valence-electron chi connectivity index (χ2n) is 8.14. The molecule has 1 aromatic carbocycles. The Hall–Kier alpha value is -3.06. The highest BCUT2D eigenvalue weighted by Crippen LogP contribution is 2.42. The highest BCUT2D eigenvalue weighted by atomic mass is 19.3. The van der Waals surface area contributed by atoms with Gasteiger partial charge in [-0.25, -0.2) is 14.0 Å². The summed E-state index contributed by atoms with van der Waals surface area (Å²) < 4.78 is 44.8. The third-order valence-corrected chi connectivity index (χ3v) is 5.96. The van der Waals surface area contributed by atoms with Gasteiger partial charge < -0.3 is 15.3 Å². The molecule has 32 heavy (non-hydrogen) atoms. The normalized spacial score (nSPS) is 21.4. The lowest BCUT2D eigenvalue weighted by molar-refractivity contribution is -0.0227. The minimum atomic E-state index is -3.10. The number of hydrogen-bond acceptors (Lipinski definition) is 3. The molecule has 2 atom stereocenters. The van der Waals surface area contributed by atoms with Gasteiger partial charge in [-0.2, -0.15) is 13.9 Å². The Balaban J connectivity index is 0.00000289. The van der Waals surface area contributed by atoms with Crippen LogP contribution < -0.4 is 5.32 Å². The van der Waals surface area contributed by atoms with Crippen molar-refractivity contribution < 1.29 is 23.1 Å². The van der Waals surface area contributed by atoms with Crippen LogP contribution >= 0.6 is 0 Å². The first kappa shape index (κ1) is 23.6. The minimum Gasteiger partial charge on any atom is -0.396 e. The van der Waals surface area contributed by atoms with Crippen LogP contribution in [0.5, 0.6) is 0 Å². The van der Waals surface area contributed by atoms with E-state index in [2.05, 4.69) is 15.3 Å². The Morgan fingerprint density at radius 1 is 1.44 bits per heavy atom. The van der Waals surface area contributed by atoms with Crippen LogP contribution in [0.2, 0.25) is 0 Å². The molecule has 10 heteroatoms. The Morgan fingerprint density at radius 2 is 2.19 bits per heavy atom. The number of benzene rings is 1. The first-order chi connectivity index (χ1) is 14.7. The number of alkyl halides is 2. The van der Waals surface area contributed by atoms with Gasteiger partial charge in [-0.15, -0.1) is 0 Å². The summed E-state index contributed by atoms with van der Waals surface area (Å²) in [6.45, 7) is 8.79. The molecule has 0 saturated carbocycles. The Labute approximate surface area is 184 Å². The number of nitrogens with zero attached hydrogens (tertiary/aromatic N) is 4. The van der Waals surface area contributed by atoms with Crippen LogP contribution in [0.3, 0.4) is 0 Å². The van der Waals surface area contributed by atoms with Crippen LogP contribution in [0.1, 0.15) is 44.1 Å². The quantitative estimate of drug-likeness (QED) is 0.654. The monoisotopic (exact) mass is 449 g/mol. The molecule has 0 bridgehead atoms. The van der Waals surface area contributed by atoms with Crippen molar-refractivity contribution in [3.63, 3.8) is 0 Å². The molecule has 2 amide bonds. The van der Waals surface area contributed by atoms with E-state index in [1.54, 1.807) is 6.92 Å². The summed E-state index contributed by atoms with van der Waals surface area (Å²) in [4.78, 5) is 17.4. The lowest BCUT2D eigenvalue weighted by Gasteiger charge is -2.33. The van der Waals surface area contributed by atoms with Crippen molar-refractivity contribution in [1.82, 2.24) is 14.7 Å². The van der Waals surface area contributed by atoms with Gasteiger partial charge in [0.2, 0.25) is 5.69 Å². The van der Waals surface area contributed by atoms with Crippen molar-refractivity contribution >= 4 is 17.4 Å². The lowest BCUT2D eigenvalue weighted by Crippen LogP contribution is -2.45. The molecule has 2 aliphatic rings. The molecule has 3 heterocycles. The molecular formula is C22H26F3N5O2. The van der Waals surface area contributed by atoms with Crippen LogP contribution in [-0.2, 0) is 25.4 Å². The van der Waals surface area contributed by atoms with E-state index in [-0.39, 0.29) is 69.0 Å². The third kappa shape index (κ3) is 4.17. The van der Waals surface area contributed by atoms with E-state index in [9.17, 15) is 23.1 Å². The van der Waals surface area contributed by atoms with E-state index in [1.165, 1.54) is 21.7 Å². The van der Waals surface area contributed by atoms with Gasteiger partial charge in [0.1, 0.15) is 11.5 Å². The molecule has 0 spiro atoms. The van der Waals surface area contributed by atoms with Crippen LogP contribution in [0.15, 0.2) is 18.2 Å². The molecule has 0 radical (unpaired) electrons. The van der Waals surface area contributed by atoms with Crippen molar-refractivity contribution in [3.05, 3.63) is 52.4 Å². The van der Waals surface area contributed by atoms with Gasteiger partial charge in [-0.1, -0.05) is 7.43 Å². The van der Waals surface area contributed by atoms with E-state index in [0.29, 0.717) is 17.7 Å². The predicted octanol–water partition coefficient (Wildman–Crippen LogP) is 4.68. The smallest absolute Gasteiger partial charge is 0.322 e. The molecule has 172 valence electrons. The van der Waals surface area contributed by atoms with Crippen molar-refractivity contribution in [2.24, 2.45) is 5.92 Å². The average Bonchev–Trinajstić information content (AvgIpc) is 3.02. The van der Waals surface area contributed by atoms with Gasteiger partial charge in [-0.05, 0) is 31.5 Å². The summed E-state index contributed by atoms with van der Waals surface area (Å²) in [5.74, 6) is -4.08. The van der Waals surface area contributed by atoms with Crippen LogP contribution in [0.25, 0.3) is 4.85 Å². The van der Waals surface area contributed by atoms with Crippen LogP contribution in [0, 0.1) is 18.3 Å². The highest BCUT2D eigenvalue weighted by Gasteiger charge is 2.44. The minimum absolute atomic E-state index is 0. The summed E-state index contributed by atoms with van der Waals surface area (Å²) in [6.07, 6.45) is 0.128. The first-order valence-electron chi connectivity index (χ1n) is 10.1. The maximum Gasteiger partial charge on any atom is 0.322 e. The number of nitrogens with one attached hydrogen (secondary N) is 1. The van der Waals surface area contributed by atoms with Crippen molar-refractivity contribution in [2.75, 3.05) is 11.9 Å². The summed E-state index contributed by atoms with van der Waals surface area (Å²) >= 11 is 0. The van der Waals surface area contributed by atoms with Crippen LogP contribution in [0.4, 0.5) is 29.3 Å². The fourth-order valence-corrected chi connectivity index (χ4v) is 4.27. The van der Waals surface area contributed by atoms with E-state index in [1.807, 2.05) is 0 Å². The van der Waals surface area contributed by atoms with E-state index >= 15 is 0 Å². The second kappa shape index (κ2) is 8.82. The zero-order valence-corrected chi connectivity index (χ0v) is 16.9. The summed E-state index contributed by atoms with van der Waals surface area (Å²) in [5.41, 5.74) is 0.743. The number of anilines is 1. The molecule has 0 fully saturated rings. The number of urea groups is 1. The zero-order valence-electron chi connectivity index (χ0n) is 16.9. The standard InChI is InChI=1S/C21H22F3N5O2.CH4/c1-12-7-17-15(19-21(23,24)6-5-13(11-30)9-29(19)27-17)10-28(12)20(31)26-14-3-4-16(22)18(8-14)25-2;/h3-4,8,12-13,30H,5-7,9-11H2,1H3,(H,26,31);1H4/t12-,13+;/m1./s1. The number of amides is 2. The molecule has 0 unspecified atom stereocenters. The summed E-state index contributed by atoms with van der Waals surface area (Å²) in [6, 6.07) is 2.85. The Kier molecular flexibility index (Phi) is 6.51. The zero-order chi connectivity index (χ0) is 22.3. The number of carbonyl (C=O) groups is 1. The topological polar surface area (TPSA) is 74.8 Å². The lowest BCUT2D eigenvalue weighted by atomic mass is 9.96. The molecular weight excluding hydrogens is 423 g/mol. The molecule has 2 N–H and O–H groups in total. The van der Waals surface area contributed by atoms with E-state index in [0.717, 1.165) is 6.07 Å². The van der Waals surface area contributed by atoms with Crippen molar-refractivity contribution in [3.8, 4) is 0 Å². The molecule has 2 aromatic rings. The number of halogens is 3. The highest BCUT2D eigenvalue weighted by molar-refractivity contribution is 5.90. The number of fused-ring (bicyclic) bond motifs is 3. The molecule has 2 aliphatic heterocycles. The number of aromatic nitrogens is 2. The van der Waals surface area contributed by atoms with Gasteiger partial charge in [0.05, 0.1) is 18.8 Å². The van der Waals surface area contributed by atoms with Crippen LogP contribution in [-0.4, -0.2) is 38.5 Å². The number of aliphatic hydroxyl groups is 1. The number of rotatable bonds is 2. The molecule has 4 rings (SSSR count). The largest absolute Gasteiger partial charge is 0.396 e. The Morgan fingerprint density at radius 3 is 2.88 bits per heavy atom. The van der Waals surface area contributed by atoms with E-state index in [4.69, 9.17) is 6.57 Å². The van der Waals surface area contributed by atoms with Crippen molar-refractivity contribution in [1.29, 1.82) is 0 Å². The fourth-order valence-electron chi connectivity index (χ4n) is 4.27. The van der Waals surface area contributed by atoms with Gasteiger partial charge in [0.15, 0.2) is 0 Å². The second-order valence-corrected chi connectivity index (χ2v) is 8.14. The maximum absolute atomic E-state index is 15.0. The molecule has 7 nitrogen and oxygen atoms in total. The van der Waals surface area contributed by atoms with Gasteiger partial charge in [-0.3, -0.25) is 4.68 Å². The Bertz CT molecular complexity index is 1060. The summed E-state index contributed by atoms with van der Waals surface area (Å²) in [5, 5.41) is 16.5. The number of carbonyl (C=O) groups excluding carboxylic acids is 1.